The van der Waals surface area contributed by atoms with Crippen molar-refractivity contribution in [3.8, 4) is 11.5 Å². The van der Waals surface area contributed by atoms with Crippen LogP contribution in [0.1, 0.15) is 22.3 Å². The lowest BCUT2D eigenvalue weighted by Gasteiger charge is -2.16. The van der Waals surface area contributed by atoms with Crippen molar-refractivity contribution in [2.75, 3.05) is 27.8 Å². The summed E-state index contributed by atoms with van der Waals surface area (Å²) < 4.78 is 23.9. The van der Waals surface area contributed by atoms with Crippen LogP contribution in [0.15, 0.2) is 76.7 Å². The second-order valence-corrected chi connectivity index (χ2v) is 9.19. The van der Waals surface area contributed by atoms with Crippen molar-refractivity contribution in [3.05, 3.63) is 89.0 Å². The van der Waals surface area contributed by atoms with Gasteiger partial charge in [0.1, 0.15) is 0 Å². The summed E-state index contributed by atoms with van der Waals surface area (Å²) >= 11 is 0. The van der Waals surface area contributed by atoms with Crippen molar-refractivity contribution in [1.82, 2.24) is 10.3 Å². The van der Waals surface area contributed by atoms with Crippen LogP contribution in [-0.4, -0.2) is 48.8 Å². The van der Waals surface area contributed by atoms with E-state index in [2.05, 4.69) is 5.32 Å². The second kappa shape index (κ2) is 10.5. The maximum Gasteiger partial charge on any atom is 0.337 e. The largest absolute Gasteiger partial charge is 0.493 e. The molecule has 1 aliphatic rings. The van der Waals surface area contributed by atoms with Crippen molar-refractivity contribution in [1.29, 1.82) is 0 Å². The summed E-state index contributed by atoms with van der Waals surface area (Å²) in [5, 5.41) is 8.77. The molecule has 0 spiro atoms. The van der Waals surface area contributed by atoms with Crippen LogP contribution in [0.25, 0.3) is 0 Å². The van der Waals surface area contributed by atoms with Crippen LogP contribution in [0.2, 0.25) is 0 Å². The Morgan fingerprint density at radius 2 is 1.71 bits per heavy atom. The summed E-state index contributed by atoms with van der Waals surface area (Å²) in [6.07, 6.45) is 0.606. The van der Waals surface area contributed by atoms with Crippen molar-refractivity contribution < 1.29 is 18.5 Å². The molecule has 3 aromatic carbocycles. The molecule has 0 aliphatic carbocycles. The highest BCUT2D eigenvalue weighted by molar-refractivity contribution is 7.84. The molecule has 3 aromatic rings. The molecule has 0 fully saturated rings. The fraction of sp³-hybridized carbons (Fsp3) is 0.231. The zero-order valence-electron chi connectivity index (χ0n) is 19.4. The highest BCUT2D eigenvalue weighted by atomic mass is 32.2. The van der Waals surface area contributed by atoms with E-state index in [1.165, 1.54) is 5.01 Å². The van der Waals surface area contributed by atoms with E-state index in [0.717, 1.165) is 27.1 Å². The molecule has 34 heavy (non-hydrogen) atoms. The minimum Gasteiger partial charge on any atom is -0.493 e. The molecule has 0 aromatic heterocycles. The molecule has 1 N–H and O–H groups in total. The van der Waals surface area contributed by atoms with Crippen molar-refractivity contribution in [2.24, 2.45) is 5.10 Å². The van der Waals surface area contributed by atoms with E-state index in [4.69, 9.17) is 14.6 Å². The number of hydrogen-bond acceptors (Lipinski definition) is 5. The van der Waals surface area contributed by atoms with Crippen LogP contribution in [0.4, 0.5) is 4.79 Å². The molecule has 176 valence electrons. The average molecular weight is 478 g/mol. The van der Waals surface area contributed by atoms with Crippen LogP contribution in [0.3, 0.4) is 0 Å². The second-order valence-electron chi connectivity index (χ2n) is 7.74. The van der Waals surface area contributed by atoms with Gasteiger partial charge in [-0.05, 0) is 41.8 Å². The van der Waals surface area contributed by atoms with E-state index >= 15 is 0 Å². The Labute approximate surface area is 201 Å². The molecule has 4 rings (SSSR count). The van der Waals surface area contributed by atoms with Gasteiger partial charge in [-0.2, -0.15) is 5.10 Å². The van der Waals surface area contributed by atoms with Gasteiger partial charge in [0.15, 0.2) is 11.5 Å². The van der Waals surface area contributed by atoms with E-state index < -0.39 is 10.8 Å². The van der Waals surface area contributed by atoms with Crippen LogP contribution in [0, 0.1) is 0 Å². The van der Waals surface area contributed by atoms with Gasteiger partial charge in [0.25, 0.3) is 0 Å². The maximum atomic E-state index is 12.9. The van der Waals surface area contributed by atoms with Gasteiger partial charge in [0, 0.05) is 23.1 Å². The van der Waals surface area contributed by atoms with Crippen molar-refractivity contribution >= 4 is 22.5 Å². The van der Waals surface area contributed by atoms with Gasteiger partial charge in [-0.25, -0.2) is 9.80 Å². The van der Waals surface area contributed by atoms with Crippen LogP contribution in [-0.2, 0) is 23.0 Å². The van der Waals surface area contributed by atoms with Crippen LogP contribution >= 0.6 is 0 Å². The normalized spacial score (nSPS) is 13.9. The molecular formula is C26H27N3O4S. The number of hydrazone groups is 1. The van der Waals surface area contributed by atoms with E-state index in [-0.39, 0.29) is 6.03 Å². The molecule has 1 aliphatic heterocycles. The molecule has 1 heterocycles. The Morgan fingerprint density at radius 1 is 1.03 bits per heavy atom. The molecule has 8 heteroatoms. The molecule has 0 radical (unpaired) electrons. The number of methoxy groups -OCH3 is 2. The highest BCUT2D eigenvalue weighted by Gasteiger charge is 2.24. The Balaban J connectivity index is 1.72. The molecular weight excluding hydrogens is 450 g/mol. The predicted molar refractivity (Wildman–Crippen MR) is 133 cm³/mol. The minimum absolute atomic E-state index is 0.287. The number of benzene rings is 3. The summed E-state index contributed by atoms with van der Waals surface area (Å²) in [7, 11) is 3.60. The molecule has 1 atom stereocenters. The van der Waals surface area contributed by atoms with Gasteiger partial charge in [0.2, 0.25) is 0 Å². The molecule has 0 saturated heterocycles. The molecule has 1 unspecified atom stereocenters. The van der Waals surface area contributed by atoms with Gasteiger partial charge in [-0.3, -0.25) is 4.21 Å². The number of amides is 2. The van der Waals surface area contributed by atoms with E-state index in [0.29, 0.717) is 35.9 Å². The first kappa shape index (κ1) is 23.5. The summed E-state index contributed by atoms with van der Waals surface area (Å²) in [6, 6.07) is 20.8. The smallest absolute Gasteiger partial charge is 0.337 e. The van der Waals surface area contributed by atoms with Gasteiger partial charge < -0.3 is 14.8 Å². The van der Waals surface area contributed by atoms with E-state index in [1.807, 2.05) is 66.7 Å². The number of nitrogens with one attached hydrogen (secondary N) is 1. The van der Waals surface area contributed by atoms with Crippen molar-refractivity contribution in [3.63, 3.8) is 0 Å². The van der Waals surface area contributed by atoms with Gasteiger partial charge in [0.05, 0.1) is 43.0 Å². The zero-order valence-corrected chi connectivity index (χ0v) is 20.2. The SMILES string of the molecule is CNC(=O)N1CCc2cc(OC)c(OC)cc2C(c2ccc(S(=O)Cc3ccccc3)cc2)=N1. The maximum absolute atomic E-state index is 12.9. The van der Waals surface area contributed by atoms with Crippen LogP contribution < -0.4 is 14.8 Å². The molecule has 0 saturated carbocycles. The topological polar surface area (TPSA) is 80.2 Å². The quantitative estimate of drug-likeness (QED) is 0.583. The third-order valence-electron chi connectivity index (χ3n) is 5.66. The highest BCUT2D eigenvalue weighted by Crippen LogP contribution is 2.33. The minimum atomic E-state index is -1.17. The number of rotatable bonds is 6. The van der Waals surface area contributed by atoms with E-state index in [9.17, 15) is 9.00 Å². The monoisotopic (exact) mass is 477 g/mol. The Bertz CT molecular complexity index is 1230. The number of ether oxygens (including phenoxy) is 2. The number of hydrogen-bond donors (Lipinski definition) is 1. The fourth-order valence-electron chi connectivity index (χ4n) is 3.86. The first-order valence-electron chi connectivity index (χ1n) is 10.9. The first-order valence-corrected chi connectivity index (χ1v) is 12.2. The number of nitrogens with zero attached hydrogens (tertiary/aromatic N) is 2. The summed E-state index contributed by atoms with van der Waals surface area (Å²) in [5.74, 6) is 1.66. The standard InChI is InChI=1S/C26H27N3O4S/c1-27-26(30)29-14-13-20-15-23(32-2)24(33-3)16-22(20)25(28-29)19-9-11-21(12-10-19)34(31)17-18-7-5-4-6-8-18/h4-12,15-16H,13-14,17H2,1-3H3,(H,27,30). The van der Waals surface area contributed by atoms with E-state index in [1.54, 1.807) is 21.3 Å². The lowest BCUT2D eigenvalue weighted by molar-refractivity contribution is 0.203. The van der Waals surface area contributed by atoms with Gasteiger partial charge in [-0.15, -0.1) is 0 Å². The Hall–Kier alpha value is -3.65. The fourth-order valence-corrected chi connectivity index (χ4v) is 4.96. The number of urea groups is 1. The Morgan fingerprint density at radius 3 is 2.35 bits per heavy atom. The van der Waals surface area contributed by atoms with Gasteiger partial charge in [-0.1, -0.05) is 42.5 Å². The van der Waals surface area contributed by atoms with Crippen LogP contribution in [0.5, 0.6) is 11.5 Å². The molecule has 7 nitrogen and oxygen atoms in total. The first-order chi connectivity index (χ1) is 16.5. The summed E-state index contributed by atoms with van der Waals surface area (Å²) in [5.41, 5.74) is 4.33. The van der Waals surface area contributed by atoms with Gasteiger partial charge >= 0.3 is 6.03 Å². The third kappa shape index (κ3) is 4.97. The Kier molecular flexibility index (Phi) is 7.27. The summed E-state index contributed by atoms with van der Waals surface area (Å²) in [4.78, 5) is 13.2. The molecule has 2 amide bonds. The third-order valence-corrected chi connectivity index (χ3v) is 7.05. The number of fused-ring (bicyclic) bond motifs is 1. The number of carbonyl (C=O) groups excluding carboxylic acids is 1. The molecule has 0 bridgehead atoms. The lowest BCUT2D eigenvalue weighted by atomic mass is 9.95. The number of carbonyl (C=O) groups is 1. The average Bonchev–Trinajstić information content (AvgIpc) is 3.07. The lowest BCUT2D eigenvalue weighted by Crippen LogP contribution is -2.35. The predicted octanol–water partition coefficient (Wildman–Crippen LogP) is 3.96. The summed E-state index contributed by atoms with van der Waals surface area (Å²) in [6.45, 7) is 0.421. The van der Waals surface area contributed by atoms with Crippen molar-refractivity contribution in [2.45, 2.75) is 17.1 Å². The zero-order chi connectivity index (χ0) is 24.1.